The zero-order valence-electron chi connectivity index (χ0n) is 13.8. The molecular formula is C18H26BNO2. The van der Waals surface area contributed by atoms with Crippen LogP contribution in [-0.4, -0.2) is 24.8 Å². The molecule has 4 heteroatoms. The quantitative estimate of drug-likeness (QED) is 0.873. The van der Waals surface area contributed by atoms with Crippen LogP contribution >= 0.6 is 0 Å². The molecular weight excluding hydrogens is 273 g/mol. The first kappa shape index (κ1) is 14.7. The minimum atomic E-state index is -0.273. The van der Waals surface area contributed by atoms with E-state index in [9.17, 15) is 0 Å². The van der Waals surface area contributed by atoms with Gasteiger partial charge in [-0.1, -0.05) is 44.2 Å². The average molecular weight is 299 g/mol. The van der Waals surface area contributed by atoms with Gasteiger partial charge in [0.05, 0.1) is 11.7 Å². The highest BCUT2D eigenvalue weighted by molar-refractivity contribution is 6.47. The predicted molar refractivity (Wildman–Crippen MR) is 88.2 cm³/mol. The van der Waals surface area contributed by atoms with Gasteiger partial charge in [-0.3, -0.25) is 0 Å². The van der Waals surface area contributed by atoms with Crippen LogP contribution in [0.1, 0.15) is 39.2 Å². The standard InChI is InChI=1S/C18H26BNO2/c1-17(2)13-10-14(17)18(3)15(11-13)21-19(22-18)16(20)9-12-7-5-4-6-8-12/h4-8,13-16H,9-11,20H2,1-3H3/t13-,14-,15-,16+,18+/m1/s1. The van der Waals surface area contributed by atoms with Crippen molar-refractivity contribution in [1.29, 1.82) is 0 Å². The normalized spacial score (nSPS) is 40.0. The first-order valence-corrected chi connectivity index (χ1v) is 8.54. The minimum absolute atomic E-state index is 0.106. The summed E-state index contributed by atoms with van der Waals surface area (Å²) in [5.41, 5.74) is 7.87. The molecule has 1 aliphatic heterocycles. The Morgan fingerprint density at radius 3 is 2.64 bits per heavy atom. The predicted octanol–water partition coefficient (Wildman–Crippen LogP) is 2.82. The maximum atomic E-state index is 6.43. The highest BCUT2D eigenvalue weighted by Gasteiger charge is 2.68. The highest BCUT2D eigenvalue weighted by Crippen LogP contribution is 2.65. The van der Waals surface area contributed by atoms with E-state index >= 15 is 0 Å². The summed E-state index contributed by atoms with van der Waals surface area (Å²) in [6, 6.07) is 10.4. The largest absolute Gasteiger partial charge is 0.475 e. The lowest BCUT2D eigenvalue weighted by atomic mass is 9.43. The van der Waals surface area contributed by atoms with Crippen LogP contribution < -0.4 is 5.73 Å². The summed E-state index contributed by atoms with van der Waals surface area (Å²) in [7, 11) is -0.273. The molecule has 1 saturated heterocycles. The van der Waals surface area contributed by atoms with Gasteiger partial charge in [-0.15, -0.1) is 0 Å². The maximum Gasteiger partial charge on any atom is 0.475 e. The number of hydrogen-bond acceptors (Lipinski definition) is 3. The Hall–Kier alpha value is -0.835. The summed E-state index contributed by atoms with van der Waals surface area (Å²) in [5.74, 6) is 1.27. The summed E-state index contributed by atoms with van der Waals surface area (Å²) in [6.07, 6.45) is 3.42. The van der Waals surface area contributed by atoms with Gasteiger partial charge in [0.25, 0.3) is 0 Å². The highest BCUT2D eigenvalue weighted by atomic mass is 16.7. The fourth-order valence-corrected chi connectivity index (χ4v) is 5.06. The zero-order valence-corrected chi connectivity index (χ0v) is 13.8. The molecule has 4 aliphatic rings. The van der Waals surface area contributed by atoms with Gasteiger partial charge in [0.2, 0.25) is 0 Å². The summed E-state index contributed by atoms with van der Waals surface area (Å²) < 4.78 is 12.7. The van der Waals surface area contributed by atoms with Gasteiger partial charge >= 0.3 is 7.12 Å². The Morgan fingerprint density at radius 2 is 1.95 bits per heavy atom. The fraction of sp³-hybridized carbons (Fsp3) is 0.667. The third-order valence-corrected chi connectivity index (χ3v) is 6.63. The van der Waals surface area contributed by atoms with Gasteiger partial charge in [0, 0.05) is 5.94 Å². The molecule has 118 valence electrons. The molecule has 3 nitrogen and oxygen atoms in total. The molecule has 0 aromatic heterocycles. The Bertz CT molecular complexity index is 563. The second-order valence-electron chi connectivity index (χ2n) is 8.19. The average Bonchev–Trinajstić information content (AvgIpc) is 2.85. The molecule has 3 saturated carbocycles. The Morgan fingerprint density at radius 1 is 1.23 bits per heavy atom. The fourth-order valence-electron chi connectivity index (χ4n) is 5.06. The van der Waals surface area contributed by atoms with Crippen molar-refractivity contribution in [1.82, 2.24) is 0 Å². The van der Waals surface area contributed by atoms with Gasteiger partial charge < -0.3 is 15.0 Å². The SMILES string of the molecule is CC1(C)[C@@H]2C[C@H]1[C@]1(C)OB([C@@H](N)Cc3ccccc3)O[C@@H]1C2. The van der Waals surface area contributed by atoms with E-state index in [-0.39, 0.29) is 24.8 Å². The van der Waals surface area contributed by atoms with E-state index in [0.29, 0.717) is 11.3 Å². The van der Waals surface area contributed by atoms with Gasteiger partial charge in [-0.2, -0.15) is 0 Å². The van der Waals surface area contributed by atoms with Crippen molar-refractivity contribution >= 4 is 7.12 Å². The molecule has 5 atom stereocenters. The van der Waals surface area contributed by atoms with Crippen LogP contribution in [0.25, 0.3) is 0 Å². The van der Waals surface area contributed by atoms with E-state index in [2.05, 4.69) is 45.0 Å². The molecule has 1 aromatic carbocycles. The summed E-state index contributed by atoms with van der Waals surface area (Å²) in [4.78, 5) is 0. The molecule has 1 aromatic rings. The first-order valence-electron chi connectivity index (χ1n) is 8.54. The smallest absolute Gasteiger partial charge is 0.404 e. The molecule has 22 heavy (non-hydrogen) atoms. The molecule has 5 rings (SSSR count). The first-order chi connectivity index (χ1) is 10.4. The van der Waals surface area contributed by atoms with Crippen molar-refractivity contribution in [2.45, 2.75) is 57.7 Å². The lowest BCUT2D eigenvalue weighted by molar-refractivity contribution is -0.199. The third-order valence-electron chi connectivity index (χ3n) is 6.63. The second kappa shape index (κ2) is 4.83. The molecule has 2 bridgehead atoms. The van der Waals surface area contributed by atoms with Crippen LogP contribution in [0.4, 0.5) is 0 Å². The van der Waals surface area contributed by atoms with E-state index in [0.717, 1.165) is 18.8 Å². The van der Waals surface area contributed by atoms with Gasteiger partial charge in [-0.25, -0.2) is 0 Å². The van der Waals surface area contributed by atoms with Crippen molar-refractivity contribution in [3.05, 3.63) is 35.9 Å². The van der Waals surface area contributed by atoms with Crippen molar-refractivity contribution in [2.24, 2.45) is 23.0 Å². The summed E-state index contributed by atoms with van der Waals surface area (Å²) >= 11 is 0. The summed E-state index contributed by atoms with van der Waals surface area (Å²) in [6.45, 7) is 7.01. The molecule has 0 unspecified atom stereocenters. The topological polar surface area (TPSA) is 44.5 Å². The third kappa shape index (κ3) is 2.00. The number of rotatable bonds is 3. The maximum absolute atomic E-state index is 6.43. The van der Waals surface area contributed by atoms with E-state index in [4.69, 9.17) is 15.0 Å². The van der Waals surface area contributed by atoms with Crippen LogP contribution in [-0.2, 0) is 15.7 Å². The molecule has 0 spiro atoms. The lowest BCUT2D eigenvalue weighted by Gasteiger charge is -2.64. The van der Waals surface area contributed by atoms with Crippen molar-refractivity contribution in [2.75, 3.05) is 0 Å². The molecule has 1 heterocycles. The van der Waals surface area contributed by atoms with Crippen LogP contribution in [0, 0.1) is 17.3 Å². The van der Waals surface area contributed by atoms with Crippen LogP contribution in [0.2, 0.25) is 0 Å². The van der Waals surface area contributed by atoms with Gasteiger partial charge in [-0.05, 0) is 49.0 Å². The Balaban J connectivity index is 1.48. The van der Waals surface area contributed by atoms with E-state index < -0.39 is 0 Å². The molecule has 4 fully saturated rings. The second-order valence-corrected chi connectivity index (χ2v) is 8.19. The van der Waals surface area contributed by atoms with Crippen molar-refractivity contribution in [3.8, 4) is 0 Å². The Labute approximate surface area is 133 Å². The molecule has 3 aliphatic carbocycles. The van der Waals surface area contributed by atoms with Crippen molar-refractivity contribution < 1.29 is 9.31 Å². The van der Waals surface area contributed by atoms with Crippen LogP contribution in [0.3, 0.4) is 0 Å². The minimum Gasteiger partial charge on any atom is -0.404 e. The lowest BCUT2D eigenvalue weighted by Crippen LogP contribution is -2.65. The molecule has 0 amide bonds. The monoisotopic (exact) mass is 299 g/mol. The number of hydrogen-bond donors (Lipinski definition) is 1. The van der Waals surface area contributed by atoms with Crippen LogP contribution in [0.5, 0.6) is 0 Å². The zero-order chi connectivity index (χ0) is 15.5. The van der Waals surface area contributed by atoms with Crippen molar-refractivity contribution in [3.63, 3.8) is 0 Å². The Kier molecular flexibility index (Phi) is 3.23. The van der Waals surface area contributed by atoms with E-state index in [1.165, 1.54) is 12.0 Å². The summed E-state index contributed by atoms with van der Waals surface area (Å²) in [5, 5.41) is 0. The number of nitrogens with two attached hydrogens (primary N) is 1. The van der Waals surface area contributed by atoms with E-state index in [1.807, 2.05) is 6.07 Å². The van der Waals surface area contributed by atoms with E-state index in [1.54, 1.807) is 0 Å². The van der Waals surface area contributed by atoms with Crippen LogP contribution in [0.15, 0.2) is 30.3 Å². The molecule has 0 radical (unpaired) electrons. The van der Waals surface area contributed by atoms with Gasteiger partial charge in [0.15, 0.2) is 0 Å². The van der Waals surface area contributed by atoms with Gasteiger partial charge in [0.1, 0.15) is 0 Å². The number of benzene rings is 1. The molecule has 2 N–H and O–H groups in total.